The lowest BCUT2D eigenvalue weighted by Crippen LogP contribution is -2.52. The van der Waals surface area contributed by atoms with Gasteiger partial charge in [0.1, 0.15) is 0 Å². The van der Waals surface area contributed by atoms with Crippen molar-refractivity contribution in [1.29, 1.82) is 0 Å². The van der Waals surface area contributed by atoms with Crippen LogP contribution in [0.5, 0.6) is 0 Å². The molecule has 0 aliphatic carbocycles. The summed E-state index contributed by atoms with van der Waals surface area (Å²) in [5.74, 6) is 0.357. The van der Waals surface area contributed by atoms with E-state index in [0.717, 1.165) is 19.4 Å². The van der Waals surface area contributed by atoms with Crippen LogP contribution in [0.4, 0.5) is 0 Å². The van der Waals surface area contributed by atoms with E-state index in [-0.39, 0.29) is 6.04 Å². The highest BCUT2D eigenvalue weighted by atomic mass is 16.2. The van der Waals surface area contributed by atoms with Crippen molar-refractivity contribution in [3.8, 4) is 0 Å². The van der Waals surface area contributed by atoms with Crippen molar-refractivity contribution in [2.24, 2.45) is 0 Å². The quantitative estimate of drug-likeness (QED) is 0.777. The zero-order chi connectivity index (χ0) is 11.5. The van der Waals surface area contributed by atoms with Crippen LogP contribution in [0.15, 0.2) is 0 Å². The average molecular weight is 224 g/mol. The van der Waals surface area contributed by atoms with Crippen LogP contribution in [0, 0.1) is 0 Å². The van der Waals surface area contributed by atoms with Gasteiger partial charge in [0.25, 0.3) is 0 Å². The second-order valence-corrected chi connectivity index (χ2v) is 5.29. The fourth-order valence-corrected chi connectivity index (χ4v) is 3.08. The van der Waals surface area contributed by atoms with E-state index in [9.17, 15) is 4.79 Å². The molecule has 0 aromatic carbocycles. The van der Waals surface area contributed by atoms with Crippen molar-refractivity contribution in [3.05, 3.63) is 0 Å². The van der Waals surface area contributed by atoms with Crippen molar-refractivity contribution in [3.63, 3.8) is 0 Å². The van der Waals surface area contributed by atoms with E-state index in [0.29, 0.717) is 18.0 Å². The molecule has 0 radical (unpaired) electrons. The Balaban J connectivity index is 1.95. The van der Waals surface area contributed by atoms with Crippen LogP contribution in [0.25, 0.3) is 0 Å². The van der Waals surface area contributed by atoms with Crippen LogP contribution < -0.4 is 5.32 Å². The molecule has 3 heteroatoms. The summed E-state index contributed by atoms with van der Waals surface area (Å²) in [6, 6.07) is 1.10. The molecular weight excluding hydrogens is 200 g/mol. The smallest absolute Gasteiger partial charge is 0.239 e. The Bertz CT molecular complexity index is 254. The SMILES string of the molecule is CCC1CCCN1C(=O)C1CCCC(C)N1. The second kappa shape index (κ2) is 5.17. The third-order valence-corrected chi connectivity index (χ3v) is 4.05. The third kappa shape index (κ3) is 2.40. The topological polar surface area (TPSA) is 32.3 Å². The van der Waals surface area contributed by atoms with Gasteiger partial charge in [0.15, 0.2) is 0 Å². The number of carbonyl (C=O) groups is 1. The molecule has 2 aliphatic rings. The first-order valence-corrected chi connectivity index (χ1v) is 6.79. The van der Waals surface area contributed by atoms with Crippen molar-refractivity contribution < 1.29 is 4.79 Å². The number of hydrogen-bond acceptors (Lipinski definition) is 2. The standard InChI is InChI=1S/C13H24N2O/c1-3-11-7-5-9-15(11)13(16)12-8-4-6-10(2)14-12/h10-12,14H,3-9H2,1-2H3. The number of carbonyl (C=O) groups excluding carboxylic acids is 1. The molecule has 0 aromatic heterocycles. The van der Waals surface area contributed by atoms with E-state index in [1.807, 2.05) is 0 Å². The lowest BCUT2D eigenvalue weighted by atomic mass is 9.98. The first-order chi connectivity index (χ1) is 7.72. The summed E-state index contributed by atoms with van der Waals surface area (Å²) in [7, 11) is 0. The van der Waals surface area contributed by atoms with Crippen LogP contribution in [-0.2, 0) is 4.79 Å². The van der Waals surface area contributed by atoms with E-state index < -0.39 is 0 Å². The van der Waals surface area contributed by atoms with Crippen molar-refractivity contribution in [2.75, 3.05) is 6.54 Å². The monoisotopic (exact) mass is 224 g/mol. The zero-order valence-corrected chi connectivity index (χ0v) is 10.5. The Morgan fingerprint density at radius 2 is 2.12 bits per heavy atom. The highest BCUT2D eigenvalue weighted by molar-refractivity contribution is 5.82. The molecular formula is C13H24N2O. The Labute approximate surface area is 98.6 Å². The minimum absolute atomic E-state index is 0.0934. The van der Waals surface area contributed by atoms with Gasteiger partial charge < -0.3 is 10.2 Å². The molecule has 1 N–H and O–H groups in total. The van der Waals surface area contributed by atoms with Gasteiger partial charge in [-0.25, -0.2) is 0 Å². The maximum absolute atomic E-state index is 12.4. The number of rotatable bonds is 2. The lowest BCUT2D eigenvalue weighted by molar-refractivity contribution is -0.135. The highest BCUT2D eigenvalue weighted by Crippen LogP contribution is 2.23. The first-order valence-electron chi connectivity index (χ1n) is 6.79. The van der Waals surface area contributed by atoms with Gasteiger partial charge in [0.2, 0.25) is 5.91 Å². The minimum atomic E-state index is 0.0934. The maximum Gasteiger partial charge on any atom is 0.239 e. The minimum Gasteiger partial charge on any atom is -0.338 e. The molecule has 16 heavy (non-hydrogen) atoms. The molecule has 3 unspecified atom stereocenters. The fraction of sp³-hybridized carbons (Fsp3) is 0.923. The summed E-state index contributed by atoms with van der Waals surface area (Å²) >= 11 is 0. The molecule has 1 amide bonds. The molecule has 3 atom stereocenters. The largest absolute Gasteiger partial charge is 0.338 e. The highest BCUT2D eigenvalue weighted by Gasteiger charge is 2.33. The molecule has 0 spiro atoms. The van der Waals surface area contributed by atoms with Gasteiger partial charge in [-0.15, -0.1) is 0 Å². The Kier molecular flexibility index (Phi) is 3.85. The summed E-state index contributed by atoms with van der Waals surface area (Å²) < 4.78 is 0. The number of nitrogens with zero attached hydrogens (tertiary/aromatic N) is 1. The van der Waals surface area contributed by atoms with Crippen molar-refractivity contribution in [1.82, 2.24) is 10.2 Å². The molecule has 2 heterocycles. The van der Waals surface area contributed by atoms with E-state index in [2.05, 4.69) is 24.1 Å². The number of hydrogen-bond donors (Lipinski definition) is 1. The number of nitrogens with one attached hydrogen (secondary N) is 1. The van der Waals surface area contributed by atoms with Gasteiger partial charge >= 0.3 is 0 Å². The third-order valence-electron chi connectivity index (χ3n) is 4.05. The molecule has 2 rings (SSSR count). The zero-order valence-electron chi connectivity index (χ0n) is 10.5. The van der Waals surface area contributed by atoms with Gasteiger partial charge in [-0.1, -0.05) is 6.92 Å². The summed E-state index contributed by atoms with van der Waals surface area (Å²) in [4.78, 5) is 14.5. The maximum atomic E-state index is 12.4. The molecule has 0 aromatic rings. The molecule has 0 bridgehead atoms. The van der Waals surface area contributed by atoms with E-state index in [4.69, 9.17) is 0 Å². The molecule has 2 saturated heterocycles. The first kappa shape index (κ1) is 11.9. The van der Waals surface area contributed by atoms with Gasteiger partial charge in [0, 0.05) is 18.6 Å². The van der Waals surface area contributed by atoms with Gasteiger partial charge in [-0.3, -0.25) is 4.79 Å². The van der Waals surface area contributed by atoms with Crippen LogP contribution in [0.1, 0.15) is 52.4 Å². The van der Waals surface area contributed by atoms with Crippen molar-refractivity contribution in [2.45, 2.75) is 70.5 Å². The van der Waals surface area contributed by atoms with E-state index in [1.165, 1.54) is 25.7 Å². The summed E-state index contributed by atoms with van der Waals surface area (Å²) in [6.07, 6.45) is 6.91. The predicted molar refractivity (Wildman–Crippen MR) is 65.3 cm³/mol. The molecule has 3 nitrogen and oxygen atoms in total. The van der Waals surface area contributed by atoms with Crippen LogP contribution >= 0.6 is 0 Å². The fourth-order valence-electron chi connectivity index (χ4n) is 3.08. The number of amides is 1. The summed E-state index contributed by atoms with van der Waals surface area (Å²) in [6.45, 7) is 5.35. The Morgan fingerprint density at radius 3 is 2.81 bits per heavy atom. The summed E-state index contributed by atoms with van der Waals surface area (Å²) in [5, 5.41) is 3.45. The molecule has 2 aliphatic heterocycles. The predicted octanol–water partition coefficient (Wildman–Crippen LogP) is 1.92. The van der Waals surface area contributed by atoms with Gasteiger partial charge in [0.05, 0.1) is 6.04 Å². The normalized spacial score (nSPS) is 35.4. The lowest BCUT2D eigenvalue weighted by Gasteiger charge is -2.33. The second-order valence-electron chi connectivity index (χ2n) is 5.29. The van der Waals surface area contributed by atoms with Crippen molar-refractivity contribution >= 4 is 5.91 Å². The average Bonchev–Trinajstić information content (AvgIpc) is 2.76. The van der Waals surface area contributed by atoms with Gasteiger partial charge in [-0.05, 0) is 45.4 Å². The van der Waals surface area contributed by atoms with Crippen LogP contribution in [0.2, 0.25) is 0 Å². The molecule has 92 valence electrons. The molecule has 0 saturated carbocycles. The van der Waals surface area contributed by atoms with E-state index >= 15 is 0 Å². The number of piperidine rings is 1. The van der Waals surface area contributed by atoms with Crippen LogP contribution in [0.3, 0.4) is 0 Å². The van der Waals surface area contributed by atoms with E-state index in [1.54, 1.807) is 0 Å². The summed E-state index contributed by atoms with van der Waals surface area (Å²) in [5.41, 5.74) is 0. The Morgan fingerprint density at radius 1 is 1.31 bits per heavy atom. The van der Waals surface area contributed by atoms with Gasteiger partial charge in [-0.2, -0.15) is 0 Å². The Hall–Kier alpha value is -0.570. The molecule has 2 fully saturated rings. The van der Waals surface area contributed by atoms with Crippen LogP contribution in [-0.4, -0.2) is 35.5 Å². The number of likely N-dealkylation sites (tertiary alicyclic amines) is 1.